The van der Waals surface area contributed by atoms with E-state index in [4.69, 9.17) is 5.73 Å². The molecule has 1 aromatic carbocycles. The Morgan fingerprint density at radius 3 is 2.67 bits per heavy atom. The highest BCUT2D eigenvalue weighted by Gasteiger charge is 2.40. The Labute approximate surface area is 228 Å². The summed E-state index contributed by atoms with van der Waals surface area (Å²) >= 11 is 0. The van der Waals surface area contributed by atoms with Gasteiger partial charge in [0.05, 0.1) is 6.20 Å². The molecule has 4 heterocycles. The number of urea groups is 1. The van der Waals surface area contributed by atoms with Crippen molar-refractivity contribution in [3.05, 3.63) is 46.9 Å². The van der Waals surface area contributed by atoms with Crippen molar-refractivity contribution in [1.29, 1.82) is 0 Å². The number of fused-ring (bicyclic) bond motifs is 1. The summed E-state index contributed by atoms with van der Waals surface area (Å²) in [5, 5.41) is 14.1. The maximum absolute atomic E-state index is 14.4. The van der Waals surface area contributed by atoms with Crippen molar-refractivity contribution in [1.82, 2.24) is 30.6 Å². The van der Waals surface area contributed by atoms with Gasteiger partial charge in [-0.1, -0.05) is 0 Å². The third kappa shape index (κ3) is 5.47. The van der Waals surface area contributed by atoms with Crippen molar-refractivity contribution >= 4 is 11.7 Å². The number of halogens is 2. The van der Waals surface area contributed by atoms with Crippen LogP contribution in [0.5, 0.6) is 0 Å². The van der Waals surface area contributed by atoms with Crippen LogP contribution in [0.25, 0.3) is 11.1 Å². The lowest BCUT2D eigenvalue weighted by Gasteiger charge is -2.48. The molecule has 1 aromatic heterocycles. The third-order valence-corrected chi connectivity index (χ3v) is 8.36. The molecule has 0 bridgehead atoms. The van der Waals surface area contributed by atoms with Gasteiger partial charge in [0, 0.05) is 80.5 Å². The molecule has 39 heavy (non-hydrogen) atoms. The molecule has 212 valence electrons. The van der Waals surface area contributed by atoms with Crippen LogP contribution >= 0.6 is 0 Å². The number of aromatic nitrogens is 2. The van der Waals surface area contributed by atoms with Gasteiger partial charge in [0.25, 0.3) is 6.43 Å². The van der Waals surface area contributed by atoms with Crippen molar-refractivity contribution in [2.45, 2.75) is 57.2 Å². The Morgan fingerprint density at radius 1 is 1.23 bits per heavy atom. The van der Waals surface area contributed by atoms with Gasteiger partial charge in [-0.3, -0.25) is 4.68 Å². The first kappa shape index (κ1) is 27.4. The van der Waals surface area contributed by atoms with Crippen LogP contribution in [0.3, 0.4) is 0 Å². The number of hydrogen-bond donors (Lipinski definition) is 4. The quantitative estimate of drug-likeness (QED) is 0.448. The number of nitrogens with one attached hydrogen (secondary N) is 3. The fraction of sp³-hybridized carbons (Fsp3) is 0.571. The van der Waals surface area contributed by atoms with Crippen molar-refractivity contribution in [3.8, 4) is 11.1 Å². The number of alkyl halides is 2. The van der Waals surface area contributed by atoms with E-state index in [9.17, 15) is 13.6 Å². The second-order valence-corrected chi connectivity index (χ2v) is 11.0. The first-order valence-corrected chi connectivity index (χ1v) is 13.9. The summed E-state index contributed by atoms with van der Waals surface area (Å²) in [6, 6.07) is 3.69. The van der Waals surface area contributed by atoms with E-state index in [1.165, 1.54) is 0 Å². The average molecular weight is 543 g/mol. The molecule has 2 amide bonds. The van der Waals surface area contributed by atoms with Crippen molar-refractivity contribution in [2.24, 2.45) is 12.8 Å². The normalized spacial score (nSPS) is 20.2. The number of nitrogens with two attached hydrogens (primary N) is 1. The van der Waals surface area contributed by atoms with E-state index in [1.807, 2.05) is 13.0 Å². The highest BCUT2D eigenvalue weighted by molar-refractivity contribution is 5.76. The highest BCUT2D eigenvalue weighted by atomic mass is 19.3. The van der Waals surface area contributed by atoms with Crippen LogP contribution in [0.4, 0.5) is 19.3 Å². The van der Waals surface area contributed by atoms with Crippen molar-refractivity contribution in [3.63, 3.8) is 0 Å². The molecule has 0 aliphatic carbocycles. The van der Waals surface area contributed by atoms with Crippen molar-refractivity contribution in [2.75, 3.05) is 44.7 Å². The maximum Gasteiger partial charge on any atom is 0.317 e. The predicted octanol–water partition coefficient (Wildman–Crippen LogP) is 3.09. The number of carbonyl (C=O) groups excluding carboxylic acids is 1. The zero-order chi connectivity index (χ0) is 27.7. The second kappa shape index (κ2) is 11.1. The van der Waals surface area contributed by atoms with Crippen LogP contribution in [-0.2, 0) is 13.5 Å². The molecule has 1 unspecified atom stereocenters. The maximum atomic E-state index is 14.4. The molecule has 5 rings (SSSR count). The first-order valence-electron chi connectivity index (χ1n) is 13.9. The Kier molecular flexibility index (Phi) is 7.82. The standard InChI is InChI=1S/C28H40F2N8O/c1-28(31,23-17-37(27(39)32-2)12-8-24(23)35-20-6-9-33-10-7-20)38-11-4-5-18-13-21(19-15-34-36(3)16-19)22(26(29)30)14-25(18)38/h13-16,20,26,33,35H,4-12,17,31H2,1-3H3,(H,32,39). The molecule has 1 fully saturated rings. The predicted molar refractivity (Wildman–Crippen MR) is 149 cm³/mol. The third-order valence-electron chi connectivity index (χ3n) is 8.36. The van der Waals surface area contributed by atoms with Crippen LogP contribution in [0.2, 0.25) is 0 Å². The fourth-order valence-electron chi connectivity index (χ4n) is 6.22. The van der Waals surface area contributed by atoms with E-state index in [-0.39, 0.29) is 11.6 Å². The van der Waals surface area contributed by atoms with E-state index in [1.54, 1.807) is 42.1 Å². The van der Waals surface area contributed by atoms with E-state index < -0.39 is 12.1 Å². The van der Waals surface area contributed by atoms with E-state index in [0.717, 1.165) is 61.3 Å². The molecule has 5 N–H and O–H groups in total. The van der Waals surface area contributed by atoms with Gasteiger partial charge in [-0.25, -0.2) is 13.6 Å². The summed E-state index contributed by atoms with van der Waals surface area (Å²) in [7, 11) is 3.41. The van der Waals surface area contributed by atoms with Gasteiger partial charge in [0.15, 0.2) is 0 Å². The van der Waals surface area contributed by atoms with Crippen molar-refractivity contribution < 1.29 is 13.6 Å². The number of rotatable bonds is 6. The lowest BCUT2D eigenvalue weighted by molar-refractivity contribution is 0.152. The van der Waals surface area contributed by atoms with Gasteiger partial charge in [-0.05, 0) is 69.0 Å². The summed E-state index contributed by atoms with van der Waals surface area (Å²) in [5.74, 6) is 0. The van der Waals surface area contributed by atoms with Crippen LogP contribution < -0.4 is 26.6 Å². The molecule has 3 aliphatic heterocycles. The summed E-state index contributed by atoms with van der Waals surface area (Å²) in [6.07, 6.45) is 5.07. The molecule has 0 radical (unpaired) electrons. The molecule has 2 aromatic rings. The van der Waals surface area contributed by atoms with Crippen LogP contribution in [0.15, 0.2) is 35.8 Å². The number of amides is 2. The summed E-state index contributed by atoms with van der Waals surface area (Å²) in [4.78, 5) is 16.5. The van der Waals surface area contributed by atoms with E-state index in [0.29, 0.717) is 43.2 Å². The number of nitrogens with zero attached hydrogens (tertiary/aromatic N) is 4. The number of hydrogen-bond acceptors (Lipinski definition) is 6. The van der Waals surface area contributed by atoms with Gasteiger partial charge < -0.3 is 31.5 Å². The zero-order valence-electron chi connectivity index (χ0n) is 23.1. The average Bonchev–Trinajstić information content (AvgIpc) is 3.38. The fourth-order valence-corrected chi connectivity index (χ4v) is 6.22. The number of aryl methyl sites for hydroxylation is 2. The molecule has 11 heteroatoms. The molecule has 1 atom stereocenters. The Hall–Kier alpha value is -3.18. The minimum Gasteiger partial charge on any atom is -0.385 e. The van der Waals surface area contributed by atoms with Gasteiger partial charge in [0.2, 0.25) is 0 Å². The first-order chi connectivity index (χ1) is 18.7. The largest absolute Gasteiger partial charge is 0.385 e. The smallest absolute Gasteiger partial charge is 0.317 e. The summed E-state index contributed by atoms with van der Waals surface area (Å²) < 4.78 is 30.5. The molecule has 1 saturated heterocycles. The Balaban J connectivity index is 1.56. The number of anilines is 1. The molecule has 0 saturated carbocycles. The van der Waals surface area contributed by atoms with Crippen LogP contribution in [0.1, 0.15) is 50.2 Å². The molecule has 3 aliphatic rings. The van der Waals surface area contributed by atoms with Gasteiger partial charge in [-0.2, -0.15) is 5.10 Å². The van der Waals surface area contributed by atoms with E-state index >= 15 is 0 Å². The second-order valence-electron chi connectivity index (χ2n) is 11.0. The van der Waals surface area contributed by atoms with Gasteiger partial charge >= 0.3 is 6.03 Å². The number of piperidine rings is 1. The topological polar surface area (TPSA) is 103 Å². The van der Waals surface area contributed by atoms with Gasteiger partial charge in [0.1, 0.15) is 5.66 Å². The lowest BCUT2D eigenvalue weighted by Crippen LogP contribution is -2.61. The number of benzene rings is 1. The molecule has 9 nitrogen and oxygen atoms in total. The lowest BCUT2D eigenvalue weighted by atomic mass is 9.87. The van der Waals surface area contributed by atoms with Gasteiger partial charge in [-0.15, -0.1) is 0 Å². The summed E-state index contributed by atoms with van der Waals surface area (Å²) in [5.41, 5.74) is 11.1. The summed E-state index contributed by atoms with van der Waals surface area (Å²) in [6.45, 7) is 5.47. The Bertz CT molecular complexity index is 1230. The van der Waals surface area contributed by atoms with Crippen LogP contribution in [-0.4, -0.2) is 72.2 Å². The number of carbonyl (C=O) groups is 1. The zero-order valence-corrected chi connectivity index (χ0v) is 23.1. The SMILES string of the molecule is CNC(=O)N1CCC(NC2CCNCC2)=C(C(C)(N)N2CCCc3cc(-c4cnn(C)c4)c(C(F)F)cc32)C1. The minimum atomic E-state index is -2.65. The van der Waals surface area contributed by atoms with E-state index in [2.05, 4.69) is 25.9 Å². The monoisotopic (exact) mass is 542 g/mol. The molecule has 0 spiro atoms. The molecular formula is C28H40F2N8O. The van der Waals surface area contributed by atoms with Crippen LogP contribution in [0, 0.1) is 0 Å². The Morgan fingerprint density at radius 2 is 2.00 bits per heavy atom. The highest BCUT2D eigenvalue weighted by Crippen LogP contribution is 2.42. The molecular weight excluding hydrogens is 502 g/mol. The minimum absolute atomic E-state index is 0.0258.